The summed E-state index contributed by atoms with van der Waals surface area (Å²) in [5.74, 6) is 1.16. The molecule has 2 aromatic carbocycles. The van der Waals surface area contributed by atoms with Gasteiger partial charge in [-0.15, -0.1) is 12.4 Å². The zero-order valence-electron chi connectivity index (χ0n) is 19.5. The van der Waals surface area contributed by atoms with Gasteiger partial charge in [0.25, 0.3) is 5.91 Å². The van der Waals surface area contributed by atoms with Crippen LogP contribution in [0, 0.1) is 13.8 Å². The number of fused-ring (bicyclic) bond motifs is 2. The van der Waals surface area contributed by atoms with Crippen molar-refractivity contribution in [1.82, 2.24) is 9.88 Å². The summed E-state index contributed by atoms with van der Waals surface area (Å²) in [7, 11) is 0. The highest BCUT2D eigenvalue weighted by molar-refractivity contribution is 7.22. The van der Waals surface area contributed by atoms with Gasteiger partial charge in [0.2, 0.25) is 6.10 Å². The molecule has 182 valence electrons. The van der Waals surface area contributed by atoms with Crippen LogP contribution in [-0.2, 0) is 9.53 Å². The summed E-state index contributed by atoms with van der Waals surface area (Å²) in [4.78, 5) is 22.7. The van der Waals surface area contributed by atoms with Crippen LogP contribution in [0.15, 0.2) is 36.4 Å². The molecule has 1 atom stereocenters. The van der Waals surface area contributed by atoms with Crippen LogP contribution in [0.5, 0.6) is 11.5 Å². The number of morpholine rings is 1. The number of rotatable bonds is 6. The molecule has 3 aromatic rings. The summed E-state index contributed by atoms with van der Waals surface area (Å²) in [5.41, 5.74) is 3.35. The fourth-order valence-electron chi connectivity index (χ4n) is 4.18. The van der Waals surface area contributed by atoms with Crippen molar-refractivity contribution < 1.29 is 19.0 Å². The molecule has 1 unspecified atom stereocenters. The summed E-state index contributed by atoms with van der Waals surface area (Å²) in [6.07, 6.45) is 0.155. The molecule has 3 heterocycles. The molecule has 1 aromatic heterocycles. The smallest absolute Gasteiger partial charge is 0.273 e. The Morgan fingerprint density at radius 3 is 2.68 bits per heavy atom. The number of aromatic nitrogens is 1. The van der Waals surface area contributed by atoms with E-state index in [2.05, 4.69) is 30.9 Å². The monoisotopic (exact) mass is 503 g/mol. The molecule has 1 saturated heterocycles. The van der Waals surface area contributed by atoms with E-state index >= 15 is 0 Å². The third kappa shape index (κ3) is 5.30. The quantitative estimate of drug-likeness (QED) is 0.501. The number of hydrogen-bond donors (Lipinski definition) is 0. The first-order valence-corrected chi connectivity index (χ1v) is 12.3. The number of thiazole rings is 1. The Bertz CT molecular complexity index is 1110. The Morgan fingerprint density at radius 2 is 1.88 bits per heavy atom. The molecule has 7 nitrogen and oxygen atoms in total. The van der Waals surface area contributed by atoms with E-state index in [1.165, 1.54) is 11.1 Å². The summed E-state index contributed by atoms with van der Waals surface area (Å²) in [6.45, 7) is 9.29. The van der Waals surface area contributed by atoms with Crippen LogP contribution < -0.4 is 14.4 Å². The van der Waals surface area contributed by atoms with Crippen molar-refractivity contribution in [2.45, 2.75) is 26.4 Å². The molecule has 1 amide bonds. The van der Waals surface area contributed by atoms with Gasteiger partial charge in [-0.3, -0.25) is 14.6 Å². The molecule has 2 aliphatic rings. The van der Waals surface area contributed by atoms with E-state index < -0.39 is 6.10 Å². The number of nitrogens with zero attached hydrogens (tertiary/aromatic N) is 3. The van der Waals surface area contributed by atoms with E-state index in [-0.39, 0.29) is 24.9 Å². The molecule has 1 fully saturated rings. The minimum Gasteiger partial charge on any atom is -0.485 e. The SMILES string of the molecule is Cc1cc2nc(N(CCCN3CCOCC3)C(=O)C3COc4ccccc4O3)sc2cc1C.Cl. The Balaban J connectivity index is 0.00000274. The zero-order valence-corrected chi connectivity index (χ0v) is 21.1. The fraction of sp³-hybridized carbons (Fsp3) is 0.440. The van der Waals surface area contributed by atoms with Crippen molar-refractivity contribution in [3.05, 3.63) is 47.5 Å². The molecule has 0 bridgehead atoms. The van der Waals surface area contributed by atoms with Gasteiger partial charge < -0.3 is 14.2 Å². The number of ether oxygens (including phenoxy) is 3. The molecule has 0 N–H and O–H groups in total. The largest absolute Gasteiger partial charge is 0.485 e. The number of aryl methyl sites for hydroxylation is 2. The minimum absolute atomic E-state index is 0. The number of anilines is 1. The van der Waals surface area contributed by atoms with Crippen LogP contribution in [0.3, 0.4) is 0 Å². The molecule has 0 aliphatic carbocycles. The van der Waals surface area contributed by atoms with E-state index in [0.717, 1.165) is 49.5 Å². The summed E-state index contributed by atoms with van der Waals surface area (Å²) >= 11 is 1.56. The number of amides is 1. The van der Waals surface area contributed by atoms with Gasteiger partial charge in [0.1, 0.15) is 6.61 Å². The van der Waals surface area contributed by atoms with E-state index in [9.17, 15) is 4.79 Å². The summed E-state index contributed by atoms with van der Waals surface area (Å²) < 4.78 is 18.4. The Morgan fingerprint density at radius 1 is 1.15 bits per heavy atom. The first-order valence-electron chi connectivity index (χ1n) is 11.5. The van der Waals surface area contributed by atoms with Crippen molar-refractivity contribution in [3.63, 3.8) is 0 Å². The third-order valence-corrected chi connectivity index (χ3v) is 7.27. The van der Waals surface area contributed by atoms with Gasteiger partial charge in [0, 0.05) is 26.2 Å². The van der Waals surface area contributed by atoms with Gasteiger partial charge >= 0.3 is 0 Å². The van der Waals surface area contributed by atoms with Gasteiger partial charge in [-0.25, -0.2) is 4.98 Å². The Labute approximate surface area is 210 Å². The second-order valence-corrected chi connectivity index (χ2v) is 9.57. The standard InChI is InChI=1S/C25H29N3O4S.ClH/c1-17-14-19-23(15-18(17)2)33-25(26-19)28(9-5-8-27-10-12-30-13-11-27)24(29)22-16-31-20-6-3-4-7-21(20)32-22;/h3-4,6-7,14-15,22H,5,8-13,16H2,1-2H3;1H. The van der Waals surface area contributed by atoms with Crippen molar-refractivity contribution in [1.29, 1.82) is 0 Å². The van der Waals surface area contributed by atoms with Crippen LogP contribution in [0.1, 0.15) is 17.5 Å². The first kappa shape index (κ1) is 24.7. The van der Waals surface area contributed by atoms with E-state index in [1.54, 1.807) is 16.2 Å². The average molecular weight is 504 g/mol. The second kappa shape index (κ2) is 10.9. The number of benzene rings is 2. The van der Waals surface area contributed by atoms with Crippen LogP contribution in [-0.4, -0.2) is 67.9 Å². The average Bonchev–Trinajstić information content (AvgIpc) is 3.24. The van der Waals surface area contributed by atoms with Gasteiger partial charge in [-0.05, 0) is 55.7 Å². The predicted octanol–water partition coefficient (Wildman–Crippen LogP) is 4.23. The predicted molar refractivity (Wildman–Crippen MR) is 137 cm³/mol. The maximum absolute atomic E-state index is 13.7. The molecular formula is C25H30ClN3O4S. The second-order valence-electron chi connectivity index (χ2n) is 8.56. The molecule has 0 saturated carbocycles. The lowest BCUT2D eigenvalue weighted by molar-refractivity contribution is -0.127. The van der Waals surface area contributed by atoms with Crippen LogP contribution in [0.25, 0.3) is 10.2 Å². The first-order chi connectivity index (χ1) is 16.1. The van der Waals surface area contributed by atoms with Gasteiger partial charge in [-0.2, -0.15) is 0 Å². The van der Waals surface area contributed by atoms with Crippen molar-refractivity contribution in [3.8, 4) is 11.5 Å². The number of para-hydroxylation sites is 2. The molecule has 34 heavy (non-hydrogen) atoms. The molecule has 2 aliphatic heterocycles. The van der Waals surface area contributed by atoms with E-state index in [4.69, 9.17) is 19.2 Å². The lowest BCUT2D eigenvalue weighted by Gasteiger charge is -2.31. The highest BCUT2D eigenvalue weighted by Gasteiger charge is 2.33. The summed E-state index contributed by atoms with van der Waals surface area (Å²) in [5, 5.41) is 0.712. The Kier molecular flexibility index (Phi) is 7.93. The van der Waals surface area contributed by atoms with Gasteiger partial charge in [0.15, 0.2) is 16.6 Å². The highest BCUT2D eigenvalue weighted by Crippen LogP contribution is 2.34. The van der Waals surface area contributed by atoms with Crippen LogP contribution >= 0.6 is 23.7 Å². The van der Waals surface area contributed by atoms with Crippen molar-refractivity contribution >= 4 is 45.0 Å². The molecule has 0 spiro atoms. The third-order valence-electron chi connectivity index (χ3n) is 6.23. The molecule has 0 radical (unpaired) electrons. The van der Waals surface area contributed by atoms with Crippen molar-refractivity contribution in [2.24, 2.45) is 0 Å². The minimum atomic E-state index is -0.696. The number of hydrogen-bond acceptors (Lipinski definition) is 7. The topological polar surface area (TPSA) is 64.1 Å². The van der Waals surface area contributed by atoms with Gasteiger partial charge in [0.05, 0.1) is 23.4 Å². The normalized spacial score (nSPS) is 17.9. The number of carbonyl (C=O) groups excluding carboxylic acids is 1. The van der Waals surface area contributed by atoms with Crippen LogP contribution in [0.4, 0.5) is 5.13 Å². The van der Waals surface area contributed by atoms with E-state index in [1.807, 2.05) is 24.3 Å². The molecule has 9 heteroatoms. The lowest BCUT2D eigenvalue weighted by Crippen LogP contribution is -2.47. The fourth-order valence-corrected chi connectivity index (χ4v) is 5.25. The maximum Gasteiger partial charge on any atom is 0.273 e. The zero-order chi connectivity index (χ0) is 22.8. The summed E-state index contributed by atoms with van der Waals surface area (Å²) in [6, 6.07) is 11.7. The maximum atomic E-state index is 13.7. The highest BCUT2D eigenvalue weighted by atomic mass is 35.5. The van der Waals surface area contributed by atoms with Crippen molar-refractivity contribution in [2.75, 3.05) is 50.9 Å². The van der Waals surface area contributed by atoms with Gasteiger partial charge in [-0.1, -0.05) is 23.5 Å². The number of carbonyl (C=O) groups is 1. The number of halogens is 1. The molecule has 5 rings (SSSR count). The lowest BCUT2D eigenvalue weighted by atomic mass is 10.1. The van der Waals surface area contributed by atoms with Crippen LogP contribution in [0.2, 0.25) is 0 Å². The van der Waals surface area contributed by atoms with E-state index in [0.29, 0.717) is 23.2 Å². The molecular weight excluding hydrogens is 474 g/mol. The Hall–Kier alpha value is -2.39.